The van der Waals surface area contributed by atoms with Gasteiger partial charge in [0, 0.05) is 32.2 Å². The fraction of sp³-hybridized carbons (Fsp3) is 0.455. The lowest BCUT2D eigenvalue weighted by Crippen LogP contribution is -2.51. The Morgan fingerprint density at radius 3 is 2.50 bits per heavy atom. The number of carbonyl (C=O) groups excluding carboxylic acids is 2. The molecule has 30 heavy (non-hydrogen) atoms. The van der Waals surface area contributed by atoms with Crippen molar-refractivity contribution in [3.8, 4) is 0 Å². The van der Waals surface area contributed by atoms with Crippen molar-refractivity contribution in [3.05, 3.63) is 51.1 Å². The second kappa shape index (κ2) is 9.04. The molecule has 160 valence electrons. The molecule has 0 unspecified atom stereocenters. The van der Waals surface area contributed by atoms with Gasteiger partial charge >= 0.3 is 0 Å². The molecule has 1 saturated heterocycles. The fourth-order valence-electron chi connectivity index (χ4n) is 4.31. The molecule has 2 aromatic rings. The summed E-state index contributed by atoms with van der Waals surface area (Å²) in [7, 11) is 0. The van der Waals surface area contributed by atoms with Crippen molar-refractivity contribution in [2.24, 2.45) is 0 Å². The molecule has 1 N–H and O–H groups in total. The lowest BCUT2D eigenvalue weighted by Gasteiger charge is -2.38. The van der Waals surface area contributed by atoms with Crippen LogP contribution in [-0.2, 0) is 0 Å². The molecule has 1 aromatic carbocycles. The molecule has 1 aliphatic heterocycles. The maximum atomic E-state index is 13.2. The van der Waals surface area contributed by atoms with E-state index in [9.17, 15) is 14.0 Å². The van der Waals surface area contributed by atoms with E-state index < -0.39 is 11.7 Å². The van der Waals surface area contributed by atoms with Crippen molar-refractivity contribution >= 4 is 39.8 Å². The van der Waals surface area contributed by atoms with Gasteiger partial charge in [-0.3, -0.25) is 14.5 Å². The van der Waals surface area contributed by atoms with Gasteiger partial charge in [0.25, 0.3) is 11.8 Å². The second-order valence-electron chi connectivity index (χ2n) is 7.97. The number of hydrogen-bond donors (Lipinski definition) is 1. The van der Waals surface area contributed by atoms with Gasteiger partial charge in [-0.2, -0.15) is 0 Å². The summed E-state index contributed by atoms with van der Waals surface area (Å²) >= 11 is 7.24. The quantitative estimate of drug-likeness (QED) is 0.729. The summed E-state index contributed by atoms with van der Waals surface area (Å²) < 4.78 is 13.2. The highest BCUT2D eigenvalue weighted by Gasteiger charge is 2.29. The normalized spacial score (nSPS) is 18.0. The zero-order chi connectivity index (χ0) is 21.3. The molecule has 0 radical (unpaired) electrons. The third-order valence-electron chi connectivity index (χ3n) is 5.97. The summed E-state index contributed by atoms with van der Waals surface area (Å²) in [6.07, 6.45) is 5.18. The van der Waals surface area contributed by atoms with Crippen LogP contribution in [0.25, 0.3) is 0 Å². The van der Waals surface area contributed by atoms with E-state index in [1.807, 2.05) is 11.8 Å². The van der Waals surface area contributed by atoms with E-state index in [1.165, 1.54) is 49.2 Å². The Hall–Kier alpha value is -1.96. The number of amides is 2. The largest absolute Gasteiger partial charge is 0.335 e. The van der Waals surface area contributed by atoms with Crippen molar-refractivity contribution in [3.63, 3.8) is 0 Å². The molecule has 0 spiro atoms. The van der Waals surface area contributed by atoms with Crippen LogP contribution in [0.15, 0.2) is 24.3 Å². The van der Waals surface area contributed by atoms with Crippen molar-refractivity contribution < 1.29 is 14.0 Å². The Morgan fingerprint density at radius 2 is 1.83 bits per heavy atom. The smallest absolute Gasteiger partial charge is 0.264 e. The van der Waals surface area contributed by atoms with Crippen LogP contribution in [0.5, 0.6) is 0 Å². The van der Waals surface area contributed by atoms with Crippen LogP contribution in [0, 0.1) is 12.7 Å². The summed E-state index contributed by atoms with van der Waals surface area (Å²) in [6.45, 7) is 5.19. The molecule has 2 heterocycles. The standard InChI is InChI=1S/C22H25ClFN3O2S/c1-14-12-19(25-21(28)17-7-6-15(24)13-18(17)23)30-20(14)22(29)27-10-8-26(9-11-27)16-4-2-3-5-16/h6-7,12-13,16H,2-5,8-11H2,1H3,(H,25,28). The average Bonchev–Trinajstić information content (AvgIpc) is 3.37. The van der Waals surface area contributed by atoms with Crippen molar-refractivity contribution in [2.75, 3.05) is 31.5 Å². The Kier molecular flexibility index (Phi) is 6.41. The van der Waals surface area contributed by atoms with E-state index in [-0.39, 0.29) is 16.5 Å². The van der Waals surface area contributed by atoms with Gasteiger partial charge in [-0.1, -0.05) is 24.4 Å². The van der Waals surface area contributed by atoms with E-state index in [0.29, 0.717) is 15.9 Å². The Morgan fingerprint density at radius 1 is 1.13 bits per heavy atom. The third-order valence-corrected chi connectivity index (χ3v) is 7.42. The first-order chi connectivity index (χ1) is 14.4. The minimum atomic E-state index is -0.496. The molecular formula is C22H25ClFN3O2S. The average molecular weight is 450 g/mol. The monoisotopic (exact) mass is 449 g/mol. The summed E-state index contributed by atoms with van der Waals surface area (Å²) in [5, 5.41) is 3.40. The number of rotatable bonds is 4. The van der Waals surface area contributed by atoms with E-state index in [2.05, 4.69) is 10.2 Å². The van der Waals surface area contributed by atoms with Gasteiger partial charge in [-0.15, -0.1) is 11.3 Å². The first-order valence-corrected chi connectivity index (χ1v) is 11.5. The third kappa shape index (κ3) is 4.53. The van der Waals surface area contributed by atoms with E-state index in [0.717, 1.165) is 37.8 Å². The number of thiophene rings is 1. The van der Waals surface area contributed by atoms with E-state index >= 15 is 0 Å². The number of benzene rings is 1. The summed E-state index contributed by atoms with van der Waals surface area (Å²) in [5.74, 6) is -0.904. The van der Waals surface area contributed by atoms with Gasteiger partial charge in [0.2, 0.25) is 0 Å². The van der Waals surface area contributed by atoms with Gasteiger partial charge in [0.1, 0.15) is 5.82 Å². The maximum absolute atomic E-state index is 13.2. The van der Waals surface area contributed by atoms with Gasteiger partial charge in [0.15, 0.2) is 0 Å². The lowest BCUT2D eigenvalue weighted by atomic mass is 10.1. The topological polar surface area (TPSA) is 52.7 Å². The zero-order valence-corrected chi connectivity index (χ0v) is 18.5. The number of anilines is 1. The van der Waals surface area contributed by atoms with Crippen LogP contribution in [-0.4, -0.2) is 53.8 Å². The molecule has 0 bridgehead atoms. The number of carbonyl (C=O) groups is 2. The van der Waals surface area contributed by atoms with Crippen molar-refractivity contribution in [1.29, 1.82) is 0 Å². The summed E-state index contributed by atoms with van der Waals surface area (Å²) in [6, 6.07) is 6.13. The molecule has 2 aliphatic rings. The molecule has 4 rings (SSSR count). The van der Waals surface area contributed by atoms with Crippen LogP contribution in [0.4, 0.5) is 9.39 Å². The fourth-order valence-corrected chi connectivity index (χ4v) is 5.60. The molecule has 2 fully saturated rings. The number of halogens is 2. The molecular weight excluding hydrogens is 425 g/mol. The van der Waals surface area contributed by atoms with Crippen LogP contribution in [0.3, 0.4) is 0 Å². The first kappa shape index (κ1) is 21.3. The molecule has 0 atom stereocenters. The van der Waals surface area contributed by atoms with Crippen LogP contribution < -0.4 is 5.32 Å². The van der Waals surface area contributed by atoms with E-state index in [1.54, 1.807) is 6.07 Å². The van der Waals surface area contributed by atoms with Gasteiger partial charge in [0.05, 0.1) is 20.5 Å². The van der Waals surface area contributed by atoms with E-state index in [4.69, 9.17) is 11.6 Å². The second-order valence-corrected chi connectivity index (χ2v) is 9.43. The van der Waals surface area contributed by atoms with Crippen molar-refractivity contribution in [1.82, 2.24) is 9.80 Å². The predicted octanol–water partition coefficient (Wildman–Crippen LogP) is 4.80. The highest BCUT2D eigenvalue weighted by atomic mass is 35.5. The maximum Gasteiger partial charge on any atom is 0.264 e. The lowest BCUT2D eigenvalue weighted by molar-refractivity contribution is 0.0577. The molecule has 8 heteroatoms. The molecule has 5 nitrogen and oxygen atoms in total. The molecule has 1 aliphatic carbocycles. The number of piperazine rings is 1. The number of nitrogens with zero attached hydrogens (tertiary/aromatic N) is 2. The Bertz CT molecular complexity index is 950. The molecule has 2 amide bonds. The van der Waals surface area contributed by atoms with Gasteiger partial charge < -0.3 is 10.2 Å². The Labute approximate surface area is 184 Å². The minimum absolute atomic E-state index is 0.0175. The van der Waals surface area contributed by atoms with Crippen molar-refractivity contribution in [2.45, 2.75) is 38.6 Å². The molecule has 1 aromatic heterocycles. The number of nitrogens with one attached hydrogen (secondary N) is 1. The highest BCUT2D eigenvalue weighted by molar-refractivity contribution is 7.18. The molecule has 1 saturated carbocycles. The SMILES string of the molecule is Cc1cc(NC(=O)c2ccc(F)cc2Cl)sc1C(=O)N1CCN(C2CCCC2)CC1. The van der Waals surface area contributed by atoms with Crippen LogP contribution in [0.2, 0.25) is 5.02 Å². The minimum Gasteiger partial charge on any atom is -0.335 e. The summed E-state index contributed by atoms with van der Waals surface area (Å²) in [5.41, 5.74) is 1.03. The number of hydrogen-bond acceptors (Lipinski definition) is 4. The van der Waals surface area contributed by atoms with Crippen LogP contribution in [0.1, 0.15) is 51.3 Å². The first-order valence-electron chi connectivity index (χ1n) is 10.3. The van der Waals surface area contributed by atoms with Gasteiger partial charge in [-0.05, 0) is 49.6 Å². The van der Waals surface area contributed by atoms with Crippen LogP contribution >= 0.6 is 22.9 Å². The highest BCUT2D eigenvalue weighted by Crippen LogP contribution is 2.30. The predicted molar refractivity (Wildman–Crippen MR) is 118 cm³/mol. The summed E-state index contributed by atoms with van der Waals surface area (Å²) in [4.78, 5) is 30.6. The Balaban J connectivity index is 1.39. The number of aryl methyl sites for hydroxylation is 1. The zero-order valence-electron chi connectivity index (χ0n) is 16.9. The van der Waals surface area contributed by atoms with Gasteiger partial charge in [-0.25, -0.2) is 4.39 Å².